The highest BCUT2D eigenvalue weighted by molar-refractivity contribution is 8.03. The van der Waals surface area contributed by atoms with Crippen LogP contribution in [0.25, 0.3) is 0 Å². The Kier molecular flexibility index (Phi) is 10.2. The normalized spacial score (nSPS) is 27.1. The van der Waals surface area contributed by atoms with Gasteiger partial charge in [-0.15, -0.1) is 11.8 Å². The molecule has 0 bridgehead atoms. The number of fused-ring (bicyclic) bond motifs is 1. The summed E-state index contributed by atoms with van der Waals surface area (Å²) >= 11 is 1.36. The maximum absolute atomic E-state index is 12.7. The SMILES string of the molecule is C=CCOC(=O)NC(=O)C(C[C@@H]1C[C@H](SC2=C(C(=O)O)N3C(=O)[C@H]([C@@H](C)O)[C@H]3[C@H]2C)CN1)NC(=O)OCC=C. The summed E-state index contributed by atoms with van der Waals surface area (Å²) in [6.07, 6.45) is 0.588. The first-order valence-electron chi connectivity index (χ1n) is 12.5. The molecule has 13 nitrogen and oxygen atoms in total. The number of hydrogen-bond donors (Lipinski definition) is 5. The molecule has 0 saturated carbocycles. The minimum Gasteiger partial charge on any atom is -0.477 e. The summed E-state index contributed by atoms with van der Waals surface area (Å²) in [5.74, 6) is -3.30. The van der Waals surface area contributed by atoms with Crippen LogP contribution in [-0.4, -0.2) is 94.3 Å². The van der Waals surface area contributed by atoms with Gasteiger partial charge >= 0.3 is 18.2 Å². The summed E-state index contributed by atoms with van der Waals surface area (Å²) in [6.45, 7) is 10.6. The lowest BCUT2D eigenvalue weighted by atomic mass is 9.79. The van der Waals surface area contributed by atoms with Crippen LogP contribution in [0.5, 0.6) is 0 Å². The number of β-lactam (4-membered cyclic amide) rings is 1. The smallest absolute Gasteiger partial charge is 0.414 e. The van der Waals surface area contributed by atoms with Crippen molar-refractivity contribution in [3.05, 3.63) is 35.9 Å². The van der Waals surface area contributed by atoms with Crippen molar-refractivity contribution in [1.82, 2.24) is 20.9 Å². The fraction of sp³-hybridized carbons (Fsp3) is 0.560. The fourth-order valence-electron chi connectivity index (χ4n) is 5.10. The lowest BCUT2D eigenvalue weighted by molar-refractivity contribution is -0.163. The first kappa shape index (κ1) is 30.2. The van der Waals surface area contributed by atoms with Gasteiger partial charge in [0, 0.05) is 28.7 Å². The predicted octanol–water partition coefficient (Wildman–Crippen LogP) is 0.714. The van der Waals surface area contributed by atoms with Crippen molar-refractivity contribution in [2.24, 2.45) is 11.8 Å². The third-order valence-corrected chi connectivity index (χ3v) is 8.32. The zero-order chi connectivity index (χ0) is 28.9. The van der Waals surface area contributed by atoms with Crippen molar-refractivity contribution < 1.29 is 43.7 Å². The number of ether oxygens (including phenoxy) is 2. The van der Waals surface area contributed by atoms with Crippen molar-refractivity contribution in [3.8, 4) is 0 Å². The lowest BCUT2D eigenvalue weighted by Crippen LogP contribution is -2.63. The van der Waals surface area contributed by atoms with Crippen molar-refractivity contribution in [1.29, 1.82) is 0 Å². The van der Waals surface area contributed by atoms with Crippen LogP contribution in [0.1, 0.15) is 26.7 Å². The van der Waals surface area contributed by atoms with E-state index in [1.807, 2.05) is 6.92 Å². The van der Waals surface area contributed by atoms with Gasteiger partial charge < -0.3 is 35.2 Å². The molecule has 2 saturated heterocycles. The van der Waals surface area contributed by atoms with E-state index in [0.717, 1.165) is 0 Å². The predicted molar refractivity (Wildman–Crippen MR) is 140 cm³/mol. The molecule has 3 aliphatic heterocycles. The van der Waals surface area contributed by atoms with E-state index < -0.39 is 54.1 Å². The number of aliphatic carboxylic acids is 1. The Balaban J connectivity index is 1.67. The van der Waals surface area contributed by atoms with E-state index in [1.165, 1.54) is 35.7 Å². The number of carbonyl (C=O) groups is 5. The highest BCUT2D eigenvalue weighted by Gasteiger charge is 2.60. The van der Waals surface area contributed by atoms with E-state index in [9.17, 15) is 34.2 Å². The molecule has 14 heteroatoms. The van der Waals surface area contributed by atoms with Gasteiger partial charge in [0.1, 0.15) is 25.0 Å². The molecule has 1 unspecified atom stereocenters. The van der Waals surface area contributed by atoms with Gasteiger partial charge in [-0.05, 0) is 19.8 Å². The summed E-state index contributed by atoms with van der Waals surface area (Å²) in [5.41, 5.74) is -0.0511. The van der Waals surface area contributed by atoms with Crippen LogP contribution in [0.2, 0.25) is 0 Å². The zero-order valence-corrected chi connectivity index (χ0v) is 22.6. The standard InChI is InChI=1S/C25H34N4O9S/c1-5-7-37-24(35)27-16(21(31)28-25(36)38-8-6-2)10-14-9-15(11-26-14)39-20-12(3)18-17(13(4)30)22(32)29(18)19(20)23(33)34/h5-6,12-18,26,30H,1-2,7-11H2,3-4H3,(H,27,35)(H,33,34)(H,28,31,36)/t12-,13-,14+,15+,16?,17-,18-/m1/s1. The minimum absolute atomic E-state index is 0.0511. The van der Waals surface area contributed by atoms with Crippen LogP contribution in [0.15, 0.2) is 35.9 Å². The monoisotopic (exact) mass is 566 g/mol. The molecule has 3 heterocycles. The molecule has 0 radical (unpaired) electrons. The molecule has 39 heavy (non-hydrogen) atoms. The van der Waals surface area contributed by atoms with Crippen LogP contribution in [0.4, 0.5) is 9.59 Å². The second-order valence-corrected chi connectivity index (χ2v) is 10.9. The molecule has 5 N–H and O–H groups in total. The Morgan fingerprint density at radius 3 is 2.44 bits per heavy atom. The quantitative estimate of drug-likeness (QED) is 0.166. The van der Waals surface area contributed by atoms with Crippen molar-refractivity contribution in [3.63, 3.8) is 0 Å². The number of rotatable bonds is 12. The van der Waals surface area contributed by atoms with Gasteiger partial charge in [0.2, 0.25) is 5.91 Å². The molecule has 0 spiro atoms. The van der Waals surface area contributed by atoms with Gasteiger partial charge in [0.15, 0.2) is 0 Å². The largest absolute Gasteiger partial charge is 0.477 e. The number of hydrogen-bond acceptors (Lipinski definition) is 10. The van der Waals surface area contributed by atoms with Crippen LogP contribution in [-0.2, 0) is 23.9 Å². The molecule has 7 atom stereocenters. The highest BCUT2D eigenvalue weighted by Crippen LogP contribution is 2.51. The van der Waals surface area contributed by atoms with E-state index in [1.54, 1.807) is 0 Å². The van der Waals surface area contributed by atoms with E-state index in [4.69, 9.17) is 9.47 Å². The molecule has 214 valence electrons. The number of amides is 4. The number of thioether (sulfide) groups is 1. The van der Waals surface area contributed by atoms with Crippen LogP contribution >= 0.6 is 11.8 Å². The summed E-state index contributed by atoms with van der Waals surface area (Å²) < 4.78 is 9.68. The number of aliphatic hydroxyl groups is 1. The number of nitrogens with one attached hydrogen (secondary N) is 3. The van der Waals surface area contributed by atoms with Crippen molar-refractivity contribution >= 4 is 41.7 Å². The molecule has 0 aromatic rings. The van der Waals surface area contributed by atoms with Crippen LogP contribution < -0.4 is 16.0 Å². The Bertz CT molecular complexity index is 1060. The van der Waals surface area contributed by atoms with E-state index in [2.05, 4.69) is 29.1 Å². The molecule has 0 aromatic carbocycles. The average molecular weight is 567 g/mol. The topological polar surface area (TPSA) is 184 Å². The Hall–Kier alpha value is -3.36. The summed E-state index contributed by atoms with van der Waals surface area (Å²) in [5, 5.41) is 27.6. The van der Waals surface area contributed by atoms with Gasteiger partial charge in [-0.25, -0.2) is 14.4 Å². The zero-order valence-electron chi connectivity index (χ0n) is 21.8. The maximum Gasteiger partial charge on any atom is 0.414 e. The van der Waals surface area contributed by atoms with Crippen molar-refractivity contribution in [2.75, 3.05) is 19.8 Å². The number of nitrogens with zero attached hydrogens (tertiary/aromatic N) is 1. The number of carboxylic acid groups (broad SMARTS) is 1. The van der Waals surface area contributed by atoms with Gasteiger partial charge in [-0.1, -0.05) is 32.2 Å². The summed E-state index contributed by atoms with van der Waals surface area (Å²) in [7, 11) is 0. The minimum atomic E-state index is -1.20. The number of aliphatic hydroxyl groups excluding tert-OH is 1. The van der Waals surface area contributed by atoms with Gasteiger partial charge in [0.05, 0.1) is 18.1 Å². The van der Waals surface area contributed by atoms with E-state index >= 15 is 0 Å². The molecule has 3 rings (SSSR count). The van der Waals surface area contributed by atoms with Crippen LogP contribution in [0, 0.1) is 11.8 Å². The Morgan fingerprint density at radius 1 is 1.21 bits per heavy atom. The Labute approximate surface area is 230 Å². The number of alkyl carbamates (subject to hydrolysis) is 2. The number of carboxylic acids is 1. The molecule has 4 amide bonds. The third-order valence-electron chi connectivity index (χ3n) is 6.80. The highest BCUT2D eigenvalue weighted by atomic mass is 32.2. The lowest BCUT2D eigenvalue weighted by Gasteiger charge is -2.46. The van der Waals surface area contributed by atoms with Gasteiger partial charge in [-0.3, -0.25) is 14.9 Å². The fourth-order valence-corrected chi connectivity index (χ4v) is 6.62. The van der Waals surface area contributed by atoms with Gasteiger partial charge in [-0.2, -0.15) is 0 Å². The second-order valence-electron chi connectivity index (χ2n) is 9.55. The molecule has 2 fully saturated rings. The van der Waals surface area contributed by atoms with E-state index in [0.29, 0.717) is 17.9 Å². The van der Waals surface area contributed by atoms with Crippen molar-refractivity contribution in [2.45, 2.75) is 56.2 Å². The van der Waals surface area contributed by atoms with Gasteiger partial charge in [0.25, 0.3) is 5.91 Å². The summed E-state index contributed by atoms with van der Waals surface area (Å²) in [6, 6.07) is -1.81. The first-order valence-corrected chi connectivity index (χ1v) is 13.4. The third kappa shape index (κ3) is 6.81. The Morgan fingerprint density at radius 2 is 1.85 bits per heavy atom. The average Bonchev–Trinajstić information content (AvgIpc) is 3.41. The van der Waals surface area contributed by atoms with E-state index in [-0.39, 0.29) is 42.5 Å². The molecule has 0 aromatic heterocycles. The number of imide groups is 1. The molecule has 3 aliphatic rings. The van der Waals surface area contributed by atoms with Crippen LogP contribution in [0.3, 0.4) is 0 Å². The number of carbonyl (C=O) groups excluding carboxylic acids is 4. The maximum atomic E-state index is 12.7. The molecular formula is C25H34N4O9S. The molecular weight excluding hydrogens is 532 g/mol. The summed E-state index contributed by atoms with van der Waals surface area (Å²) in [4.78, 5) is 63.2. The first-order chi connectivity index (χ1) is 18.5. The second kappa shape index (κ2) is 13.1. The molecule has 0 aliphatic carbocycles.